The molecule has 2 saturated carbocycles. The first kappa shape index (κ1) is 11.9. The van der Waals surface area contributed by atoms with Crippen molar-refractivity contribution in [3.05, 3.63) is 0 Å². The molecular formula is C14H25NO. The molecule has 2 fully saturated rings. The molecule has 3 atom stereocenters. The molecule has 92 valence electrons. The smallest absolute Gasteiger partial charge is 0.210 e. The van der Waals surface area contributed by atoms with Crippen LogP contribution in [0.15, 0.2) is 0 Å². The Morgan fingerprint density at radius 2 is 1.75 bits per heavy atom. The fourth-order valence-corrected chi connectivity index (χ4v) is 3.50. The van der Waals surface area contributed by atoms with Gasteiger partial charge in [0, 0.05) is 12.1 Å². The number of carbonyl (C=O) groups excluding carboxylic acids is 1. The van der Waals surface area contributed by atoms with E-state index in [9.17, 15) is 4.79 Å². The zero-order valence-corrected chi connectivity index (χ0v) is 10.9. The highest BCUT2D eigenvalue weighted by Gasteiger charge is 2.37. The van der Waals surface area contributed by atoms with Gasteiger partial charge in [0.1, 0.15) is 0 Å². The van der Waals surface area contributed by atoms with Crippen LogP contribution in [0.25, 0.3) is 0 Å². The van der Waals surface area contributed by atoms with Crippen LogP contribution >= 0.6 is 0 Å². The van der Waals surface area contributed by atoms with Crippen molar-refractivity contribution in [1.29, 1.82) is 0 Å². The Bertz CT molecular complexity index is 247. The van der Waals surface area contributed by atoms with Crippen LogP contribution in [-0.4, -0.2) is 23.4 Å². The number of hydrogen-bond acceptors (Lipinski definition) is 1. The minimum absolute atomic E-state index is 0.537. The zero-order valence-electron chi connectivity index (χ0n) is 10.9. The lowest BCUT2D eigenvalue weighted by atomic mass is 9.72. The van der Waals surface area contributed by atoms with Crippen molar-refractivity contribution in [2.75, 3.05) is 0 Å². The monoisotopic (exact) mass is 223 g/mol. The number of hydrogen-bond donors (Lipinski definition) is 0. The summed E-state index contributed by atoms with van der Waals surface area (Å²) in [5.41, 5.74) is 0. The molecule has 0 aromatic heterocycles. The molecule has 2 heteroatoms. The van der Waals surface area contributed by atoms with Gasteiger partial charge in [-0.1, -0.05) is 20.8 Å². The molecule has 3 unspecified atom stereocenters. The van der Waals surface area contributed by atoms with Crippen molar-refractivity contribution in [1.82, 2.24) is 4.90 Å². The average molecular weight is 223 g/mol. The maximum absolute atomic E-state index is 11.1. The van der Waals surface area contributed by atoms with Crippen LogP contribution in [0.3, 0.4) is 0 Å². The van der Waals surface area contributed by atoms with Crippen LogP contribution in [0.2, 0.25) is 0 Å². The molecule has 2 aliphatic rings. The predicted octanol–water partition coefficient (Wildman–Crippen LogP) is 3.07. The Morgan fingerprint density at radius 3 is 2.19 bits per heavy atom. The quantitative estimate of drug-likeness (QED) is 0.671. The molecule has 2 rings (SSSR count). The lowest BCUT2D eigenvalue weighted by molar-refractivity contribution is -0.122. The molecule has 0 aromatic rings. The van der Waals surface area contributed by atoms with Gasteiger partial charge in [-0.05, 0) is 49.9 Å². The summed E-state index contributed by atoms with van der Waals surface area (Å²) in [4.78, 5) is 13.3. The number of nitrogens with zero attached hydrogens (tertiary/aromatic N) is 1. The third-order valence-electron chi connectivity index (χ3n) is 4.58. The highest BCUT2D eigenvalue weighted by molar-refractivity contribution is 5.49. The Morgan fingerprint density at radius 1 is 1.12 bits per heavy atom. The molecule has 1 amide bonds. The molecule has 0 spiro atoms. The molecule has 0 N–H and O–H groups in total. The second-order valence-corrected chi connectivity index (χ2v) is 6.14. The summed E-state index contributed by atoms with van der Waals surface area (Å²) in [6.07, 6.45) is 7.32. The van der Waals surface area contributed by atoms with E-state index in [-0.39, 0.29) is 0 Å². The van der Waals surface area contributed by atoms with Gasteiger partial charge in [0.2, 0.25) is 6.41 Å². The third-order valence-corrected chi connectivity index (χ3v) is 4.58. The van der Waals surface area contributed by atoms with Gasteiger partial charge in [0.05, 0.1) is 0 Å². The predicted molar refractivity (Wildman–Crippen MR) is 66.1 cm³/mol. The van der Waals surface area contributed by atoms with Gasteiger partial charge in [0.25, 0.3) is 0 Å². The van der Waals surface area contributed by atoms with E-state index in [2.05, 4.69) is 25.7 Å². The number of carbonyl (C=O) groups is 1. The second-order valence-electron chi connectivity index (χ2n) is 6.14. The molecule has 0 heterocycles. The summed E-state index contributed by atoms with van der Waals surface area (Å²) in [5.74, 6) is 2.44. The first-order valence-corrected chi connectivity index (χ1v) is 6.86. The molecule has 0 saturated heterocycles. The fraction of sp³-hybridized carbons (Fsp3) is 0.929. The maximum Gasteiger partial charge on any atom is 0.210 e. The van der Waals surface area contributed by atoms with E-state index in [0.29, 0.717) is 12.1 Å². The highest BCUT2D eigenvalue weighted by Crippen LogP contribution is 2.39. The lowest BCUT2D eigenvalue weighted by Crippen LogP contribution is -2.42. The van der Waals surface area contributed by atoms with Crippen molar-refractivity contribution in [2.45, 2.75) is 65.0 Å². The van der Waals surface area contributed by atoms with Gasteiger partial charge in [-0.3, -0.25) is 4.79 Å². The van der Waals surface area contributed by atoms with Crippen molar-refractivity contribution < 1.29 is 4.79 Å². The lowest BCUT2D eigenvalue weighted by Gasteiger charge is -2.40. The van der Waals surface area contributed by atoms with Gasteiger partial charge in [-0.25, -0.2) is 0 Å². The Kier molecular flexibility index (Phi) is 3.56. The van der Waals surface area contributed by atoms with Crippen molar-refractivity contribution in [3.63, 3.8) is 0 Å². The molecule has 0 aromatic carbocycles. The van der Waals surface area contributed by atoms with Gasteiger partial charge in [0.15, 0.2) is 0 Å². The van der Waals surface area contributed by atoms with E-state index in [1.54, 1.807) is 0 Å². The van der Waals surface area contributed by atoms with Crippen molar-refractivity contribution >= 4 is 6.41 Å². The standard InChI is InChI=1S/C14H25NO/c1-10(2)14-7-6-13(8-11(14)3)15(9-16)12-4-5-12/h9-14H,4-8H2,1-3H3. The van der Waals surface area contributed by atoms with Crippen molar-refractivity contribution in [2.24, 2.45) is 17.8 Å². The second kappa shape index (κ2) is 4.77. The Balaban J connectivity index is 1.92. The number of rotatable bonds is 4. The molecular weight excluding hydrogens is 198 g/mol. The van der Waals surface area contributed by atoms with Gasteiger partial charge in [-0.2, -0.15) is 0 Å². The summed E-state index contributed by atoms with van der Waals surface area (Å²) in [6.45, 7) is 7.03. The average Bonchev–Trinajstić information content (AvgIpc) is 3.02. The first-order chi connectivity index (χ1) is 7.63. The van der Waals surface area contributed by atoms with Gasteiger partial charge >= 0.3 is 0 Å². The summed E-state index contributed by atoms with van der Waals surface area (Å²) in [6, 6.07) is 1.13. The SMILES string of the molecule is CC(C)C1CCC(N(C=O)C2CC2)CC1C. The third kappa shape index (κ3) is 2.41. The first-order valence-electron chi connectivity index (χ1n) is 6.86. The maximum atomic E-state index is 11.1. The zero-order chi connectivity index (χ0) is 11.7. The van der Waals surface area contributed by atoms with Gasteiger partial charge in [-0.15, -0.1) is 0 Å². The Hall–Kier alpha value is -0.530. The normalized spacial score (nSPS) is 35.1. The molecule has 16 heavy (non-hydrogen) atoms. The highest BCUT2D eigenvalue weighted by atomic mass is 16.1. The van der Waals surface area contributed by atoms with Crippen LogP contribution in [0, 0.1) is 17.8 Å². The molecule has 0 radical (unpaired) electrons. The topological polar surface area (TPSA) is 20.3 Å². The molecule has 2 aliphatic carbocycles. The fourth-order valence-electron chi connectivity index (χ4n) is 3.50. The van der Waals surface area contributed by atoms with E-state index in [1.807, 2.05) is 0 Å². The Labute approximate surface area is 99.4 Å². The largest absolute Gasteiger partial charge is 0.339 e. The van der Waals surface area contributed by atoms with E-state index < -0.39 is 0 Å². The van der Waals surface area contributed by atoms with E-state index in [0.717, 1.165) is 24.2 Å². The van der Waals surface area contributed by atoms with Crippen LogP contribution in [0.4, 0.5) is 0 Å². The van der Waals surface area contributed by atoms with Crippen molar-refractivity contribution in [3.8, 4) is 0 Å². The van der Waals surface area contributed by atoms with Crippen LogP contribution in [-0.2, 0) is 4.79 Å². The summed E-state index contributed by atoms with van der Waals surface area (Å²) >= 11 is 0. The van der Waals surface area contributed by atoms with E-state index in [4.69, 9.17) is 0 Å². The van der Waals surface area contributed by atoms with Crippen LogP contribution < -0.4 is 0 Å². The van der Waals surface area contributed by atoms with Crippen LogP contribution in [0.1, 0.15) is 52.9 Å². The summed E-state index contributed by atoms with van der Waals surface area (Å²) < 4.78 is 0. The minimum Gasteiger partial charge on any atom is -0.339 e. The summed E-state index contributed by atoms with van der Waals surface area (Å²) in [5, 5.41) is 0. The van der Waals surface area contributed by atoms with E-state index in [1.165, 1.54) is 32.1 Å². The number of amides is 1. The molecule has 2 nitrogen and oxygen atoms in total. The molecule has 0 bridgehead atoms. The van der Waals surface area contributed by atoms with Gasteiger partial charge < -0.3 is 4.90 Å². The van der Waals surface area contributed by atoms with E-state index >= 15 is 0 Å². The molecule has 0 aliphatic heterocycles. The summed E-state index contributed by atoms with van der Waals surface area (Å²) in [7, 11) is 0. The minimum atomic E-state index is 0.537. The van der Waals surface area contributed by atoms with Crippen LogP contribution in [0.5, 0.6) is 0 Å².